The van der Waals surface area contributed by atoms with E-state index in [0.29, 0.717) is 11.8 Å². The molecule has 1 aliphatic rings. The zero-order valence-corrected chi connectivity index (χ0v) is 14.3. The van der Waals surface area contributed by atoms with Crippen molar-refractivity contribution in [3.05, 3.63) is 41.8 Å². The highest BCUT2D eigenvalue weighted by molar-refractivity contribution is 5.75. The molecule has 0 aliphatic carbocycles. The minimum Gasteiger partial charge on any atom is -0.339 e. The molecule has 0 N–H and O–H groups in total. The minimum atomic E-state index is 0.452. The molecular weight excluding hydrogens is 302 g/mol. The predicted molar refractivity (Wildman–Crippen MR) is 91.6 cm³/mol. The van der Waals surface area contributed by atoms with E-state index in [-0.39, 0.29) is 0 Å². The third kappa shape index (κ3) is 2.82. The van der Waals surface area contributed by atoms with Gasteiger partial charge in [-0.3, -0.25) is 4.90 Å². The number of imidazole rings is 1. The highest BCUT2D eigenvalue weighted by atomic mass is 16.5. The van der Waals surface area contributed by atoms with Crippen molar-refractivity contribution in [3.8, 4) is 0 Å². The fraction of sp³-hybridized carbons (Fsp3) is 0.500. The van der Waals surface area contributed by atoms with Gasteiger partial charge >= 0.3 is 0 Å². The largest absolute Gasteiger partial charge is 0.339 e. The number of para-hydroxylation sites is 2. The molecule has 0 amide bonds. The molecule has 6 heteroatoms. The lowest BCUT2D eigenvalue weighted by Gasteiger charge is -2.31. The van der Waals surface area contributed by atoms with Crippen LogP contribution in [0.5, 0.6) is 0 Å². The third-order valence-corrected chi connectivity index (χ3v) is 4.87. The number of aryl methyl sites for hydroxylation is 2. The summed E-state index contributed by atoms with van der Waals surface area (Å²) < 4.78 is 7.46. The molecule has 2 aromatic heterocycles. The smallest absolute Gasteiger partial charge is 0.226 e. The third-order valence-electron chi connectivity index (χ3n) is 4.87. The van der Waals surface area contributed by atoms with Crippen LogP contribution < -0.4 is 0 Å². The first-order valence-corrected chi connectivity index (χ1v) is 8.69. The molecule has 1 atom stereocenters. The Morgan fingerprint density at radius 3 is 2.92 bits per heavy atom. The monoisotopic (exact) mass is 325 g/mol. The molecule has 1 fully saturated rings. The quantitative estimate of drug-likeness (QED) is 0.738. The second kappa shape index (κ2) is 6.36. The lowest BCUT2D eigenvalue weighted by Crippen LogP contribution is -2.35. The summed E-state index contributed by atoms with van der Waals surface area (Å²) in [6.45, 7) is 4.85. The molecule has 0 radical (unpaired) electrons. The molecule has 0 spiro atoms. The number of hydrogen-bond donors (Lipinski definition) is 0. The summed E-state index contributed by atoms with van der Waals surface area (Å²) in [6, 6.07) is 8.35. The van der Waals surface area contributed by atoms with Gasteiger partial charge < -0.3 is 9.09 Å². The van der Waals surface area contributed by atoms with E-state index in [1.165, 1.54) is 24.2 Å². The molecular formula is C18H23N5O. The van der Waals surface area contributed by atoms with Crippen LogP contribution in [0.4, 0.5) is 0 Å². The number of likely N-dealkylation sites (tertiary alicyclic amines) is 1. The number of aromatic nitrogens is 4. The lowest BCUT2D eigenvalue weighted by molar-refractivity contribution is 0.189. The summed E-state index contributed by atoms with van der Waals surface area (Å²) in [5.41, 5.74) is 2.29. The molecule has 3 aromatic rings. The van der Waals surface area contributed by atoms with Gasteiger partial charge in [-0.2, -0.15) is 4.98 Å². The maximum Gasteiger partial charge on any atom is 0.226 e. The Bertz CT molecular complexity index is 837. The first-order valence-electron chi connectivity index (χ1n) is 8.69. The Labute approximate surface area is 141 Å². The van der Waals surface area contributed by atoms with Gasteiger partial charge in [0.25, 0.3) is 0 Å². The van der Waals surface area contributed by atoms with Crippen LogP contribution in [-0.4, -0.2) is 37.7 Å². The lowest BCUT2D eigenvalue weighted by atomic mass is 9.97. The SMILES string of the molecule is CCc1nc(CN2CCC[C@@H](c3nc4ccccc4n3C)C2)no1. The Morgan fingerprint density at radius 2 is 2.12 bits per heavy atom. The molecule has 0 unspecified atom stereocenters. The van der Waals surface area contributed by atoms with E-state index >= 15 is 0 Å². The van der Waals surface area contributed by atoms with E-state index in [4.69, 9.17) is 9.51 Å². The average molecular weight is 325 g/mol. The van der Waals surface area contributed by atoms with Gasteiger partial charge in [0, 0.05) is 25.9 Å². The van der Waals surface area contributed by atoms with E-state index < -0.39 is 0 Å². The minimum absolute atomic E-state index is 0.452. The zero-order chi connectivity index (χ0) is 16.5. The molecule has 1 saturated heterocycles. The Balaban J connectivity index is 1.52. The van der Waals surface area contributed by atoms with E-state index in [1.54, 1.807) is 0 Å². The molecule has 6 nitrogen and oxygen atoms in total. The summed E-state index contributed by atoms with van der Waals surface area (Å²) >= 11 is 0. The van der Waals surface area contributed by atoms with Gasteiger partial charge in [-0.15, -0.1) is 0 Å². The second-order valence-corrected chi connectivity index (χ2v) is 6.55. The highest BCUT2D eigenvalue weighted by Crippen LogP contribution is 2.29. The van der Waals surface area contributed by atoms with Crippen LogP contribution in [-0.2, 0) is 20.0 Å². The number of rotatable bonds is 4. The van der Waals surface area contributed by atoms with Crippen molar-refractivity contribution < 1.29 is 4.52 Å². The van der Waals surface area contributed by atoms with Crippen LogP contribution in [0.25, 0.3) is 11.0 Å². The standard InChI is InChI=1S/C18H23N5O/c1-3-17-20-16(21-24-17)12-23-10-6-7-13(11-23)18-19-14-8-4-5-9-15(14)22(18)2/h4-5,8-9,13H,3,6-7,10-12H2,1-2H3/t13-/m1/s1. The summed E-state index contributed by atoms with van der Waals surface area (Å²) in [4.78, 5) is 11.7. The van der Waals surface area contributed by atoms with Crippen molar-refractivity contribution in [2.24, 2.45) is 7.05 Å². The molecule has 1 aromatic carbocycles. The molecule has 4 rings (SSSR count). The Morgan fingerprint density at radius 1 is 1.25 bits per heavy atom. The molecule has 24 heavy (non-hydrogen) atoms. The van der Waals surface area contributed by atoms with Gasteiger partial charge in [0.1, 0.15) is 5.82 Å². The second-order valence-electron chi connectivity index (χ2n) is 6.55. The van der Waals surface area contributed by atoms with Crippen molar-refractivity contribution in [3.63, 3.8) is 0 Å². The van der Waals surface area contributed by atoms with E-state index in [0.717, 1.165) is 37.4 Å². The van der Waals surface area contributed by atoms with Gasteiger partial charge in [0.2, 0.25) is 5.89 Å². The van der Waals surface area contributed by atoms with Crippen molar-refractivity contribution >= 4 is 11.0 Å². The first kappa shape index (κ1) is 15.3. The fourth-order valence-electron chi connectivity index (χ4n) is 3.64. The zero-order valence-electron chi connectivity index (χ0n) is 14.3. The number of hydrogen-bond acceptors (Lipinski definition) is 5. The van der Waals surface area contributed by atoms with Crippen molar-refractivity contribution in [1.29, 1.82) is 0 Å². The van der Waals surface area contributed by atoms with Crippen LogP contribution in [0.15, 0.2) is 28.8 Å². The Hall–Kier alpha value is -2.21. The first-order chi connectivity index (χ1) is 11.7. The van der Waals surface area contributed by atoms with Crippen LogP contribution in [0, 0.1) is 0 Å². The van der Waals surface area contributed by atoms with Crippen LogP contribution in [0.1, 0.15) is 43.2 Å². The Kier molecular flexibility index (Phi) is 4.06. The predicted octanol–water partition coefficient (Wildman–Crippen LogP) is 2.90. The number of fused-ring (bicyclic) bond motifs is 1. The van der Waals surface area contributed by atoms with Gasteiger partial charge in [0.05, 0.1) is 17.6 Å². The van der Waals surface area contributed by atoms with Crippen molar-refractivity contribution in [1.82, 2.24) is 24.6 Å². The maximum absolute atomic E-state index is 5.22. The summed E-state index contributed by atoms with van der Waals surface area (Å²) in [5, 5.41) is 4.08. The molecule has 3 heterocycles. The number of benzene rings is 1. The van der Waals surface area contributed by atoms with E-state index in [1.807, 2.05) is 13.0 Å². The van der Waals surface area contributed by atoms with Crippen LogP contribution in [0.2, 0.25) is 0 Å². The average Bonchev–Trinajstić information content (AvgIpc) is 3.20. The molecule has 1 aliphatic heterocycles. The van der Waals surface area contributed by atoms with Gasteiger partial charge in [-0.25, -0.2) is 4.98 Å². The normalized spacial score (nSPS) is 19.2. The van der Waals surface area contributed by atoms with Gasteiger partial charge in [0.15, 0.2) is 5.82 Å². The summed E-state index contributed by atoms with van der Waals surface area (Å²) in [7, 11) is 2.12. The van der Waals surface area contributed by atoms with E-state index in [9.17, 15) is 0 Å². The van der Waals surface area contributed by atoms with E-state index in [2.05, 4.69) is 44.9 Å². The maximum atomic E-state index is 5.22. The van der Waals surface area contributed by atoms with Crippen LogP contribution >= 0.6 is 0 Å². The summed E-state index contributed by atoms with van der Waals surface area (Å²) in [5.74, 6) is 3.14. The number of piperidine rings is 1. The summed E-state index contributed by atoms with van der Waals surface area (Å²) in [6.07, 6.45) is 3.14. The highest BCUT2D eigenvalue weighted by Gasteiger charge is 2.26. The molecule has 126 valence electrons. The van der Waals surface area contributed by atoms with Crippen molar-refractivity contribution in [2.45, 2.75) is 38.6 Å². The molecule has 0 bridgehead atoms. The van der Waals surface area contributed by atoms with Gasteiger partial charge in [-0.05, 0) is 31.5 Å². The number of nitrogens with zero attached hydrogens (tertiary/aromatic N) is 5. The fourth-order valence-corrected chi connectivity index (χ4v) is 3.64. The topological polar surface area (TPSA) is 60.0 Å². The van der Waals surface area contributed by atoms with Crippen LogP contribution in [0.3, 0.4) is 0 Å². The molecule has 0 saturated carbocycles. The van der Waals surface area contributed by atoms with Gasteiger partial charge in [-0.1, -0.05) is 24.2 Å². The van der Waals surface area contributed by atoms with Crippen molar-refractivity contribution in [2.75, 3.05) is 13.1 Å².